The third kappa shape index (κ3) is 2.96. The van der Waals surface area contributed by atoms with Crippen LogP contribution in [0.5, 0.6) is 0 Å². The molecule has 1 aromatic rings. The summed E-state index contributed by atoms with van der Waals surface area (Å²) < 4.78 is 30.6. The maximum Gasteiger partial charge on any atom is 0.357 e. The molecule has 2 N–H and O–H groups in total. The van der Waals surface area contributed by atoms with Gasteiger partial charge in [0, 0.05) is 6.20 Å². The summed E-state index contributed by atoms with van der Waals surface area (Å²) in [7, 11) is -4.17. The molecule has 1 heterocycles. The fourth-order valence-electron chi connectivity index (χ4n) is 0.572. The molecule has 6 heteroatoms. The van der Waals surface area contributed by atoms with Crippen LogP contribution in [0.25, 0.3) is 0 Å². The lowest BCUT2D eigenvalue weighted by molar-refractivity contribution is 0.489. The van der Waals surface area contributed by atoms with Gasteiger partial charge in [0.15, 0.2) is 0 Å². The minimum absolute atomic E-state index is 0.231. The van der Waals surface area contributed by atoms with Gasteiger partial charge in [-0.2, -0.15) is 8.42 Å². The molecule has 0 spiro atoms. The van der Waals surface area contributed by atoms with E-state index in [0.29, 0.717) is 0 Å². The predicted octanol–water partition coefficient (Wildman–Crippen LogP) is 0.296. The highest BCUT2D eigenvalue weighted by atomic mass is 32.2. The molecule has 0 amide bonds. The molecule has 0 aliphatic rings. The molecule has 0 saturated carbocycles. The van der Waals surface area contributed by atoms with Crippen LogP contribution in [0.2, 0.25) is 0 Å². The largest absolute Gasteiger partial charge is 0.357 e. The standard InChI is InChI=1S/C5H6N2O3S/c8-11(9,10)7-5-2-1-3-6-4-5/h1-4,7H,(H,8,9,10). The van der Waals surface area contributed by atoms with E-state index in [2.05, 4.69) is 4.98 Å². The highest BCUT2D eigenvalue weighted by molar-refractivity contribution is 7.87. The molecule has 0 atom stereocenters. The van der Waals surface area contributed by atoms with Gasteiger partial charge >= 0.3 is 10.3 Å². The van der Waals surface area contributed by atoms with Gasteiger partial charge in [-0.25, -0.2) is 0 Å². The fourth-order valence-corrected chi connectivity index (χ4v) is 0.991. The first-order valence-electron chi connectivity index (χ1n) is 2.73. The monoisotopic (exact) mass is 174 g/mol. The molecule has 0 bridgehead atoms. The molecule has 0 saturated heterocycles. The maximum absolute atomic E-state index is 10.2. The van der Waals surface area contributed by atoms with E-state index in [-0.39, 0.29) is 5.69 Å². The van der Waals surface area contributed by atoms with Gasteiger partial charge in [-0.15, -0.1) is 0 Å². The first kappa shape index (κ1) is 7.96. The smallest absolute Gasteiger partial charge is 0.269 e. The molecule has 1 aromatic heterocycles. The molecule has 0 unspecified atom stereocenters. The Labute approximate surface area is 64.0 Å². The van der Waals surface area contributed by atoms with Crippen molar-refractivity contribution in [2.24, 2.45) is 0 Å². The Morgan fingerprint density at radius 1 is 1.55 bits per heavy atom. The second-order valence-corrected chi connectivity index (χ2v) is 2.97. The highest BCUT2D eigenvalue weighted by Gasteiger charge is 2.01. The van der Waals surface area contributed by atoms with Crippen LogP contribution >= 0.6 is 0 Å². The lowest BCUT2D eigenvalue weighted by Crippen LogP contribution is -2.10. The normalized spacial score (nSPS) is 11.0. The second-order valence-electron chi connectivity index (χ2n) is 1.82. The molecule has 0 aromatic carbocycles. The van der Waals surface area contributed by atoms with Crippen LogP contribution in [0.1, 0.15) is 0 Å². The van der Waals surface area contributed by atoms with Crippen LogP contribution in [0.4, 0.5) is 5.69 Å². The van der Waals surface area contributed by atoms with Crippen molar-refractivity contribution in [3.63, 3.8) is 0 Å². The fraction of sp³-hybridized carbons (Fsp3) is 0. The summed E-state index contributed by atoms with van der Waals surface area (Å²) in [4.78, 5) is 3.63. The zero-order valence-corrected chi connectivity index (χ0v) is 6.25. The van der Waals surface area contributed by atoms with Crippen molar-refractivity contribution in [1.82, 2.24) is 4.98 Å². The molecule has 1 rings (SSSR count). The van der Waals surface area contributed by atoms with Crippen LogP contribution in [-0.2, 0) is 10.3 Å². The number of hydrogen-bond donors (Lipinski definition) is 2. The number of nitrogens with one attached hydrogen (secondary N) is 1. The topological polar surface area (TPSA) is 79.3 Å². The van der Waals surface area contributed by atoms with Gasteiger partial charge in [0.05, 0.1) is 11.9 Å². The van der Waals surface area contributed by atoms with Gasteiger partial charge < -0.3 is 0 Å². The molecule has 5 nitrogen and oxygen atoms in total. The summed E-state index contributed by atoms with van der Waals surface area (Å²) in [5, 5.41) is 0. The second kappa shape index (κ2) is 2.85. The lowest BCUT2D eigenvalue weighted by atomic mass is 10.4. The summed E-state index contributed by atoms with van der Waals surface area (Å²) in [5.41, 5.74) is 0.231. The summed E-state index contributed by atoms with van der Waals surface area (Å²) >= 11 is 0. The molecular formula is C5H6N2O3S. The number of aromatic nitrogens is 1. The van der Waals surface area contributed by atoms with E-state index in [0.717, 1.165) is 0 Å². The summed E-state index contributed by atoms with van der Waals surface area (Å²) in [6.45, 7) is 0. The van der Waals surface area contributed by atoms with Crippen molar-refractivity contribution in [2.45, 2.75) is 0 Å². The zero-order chi connectivity index (χ0) is 8.32. The first-order valence-corrected chi connectivity index (χ1v) is 4.17. The Balaban J connectivity index is 2.82. The van der Waals surface area contributed by atoms with Gasteiger partial charge in [0.25, 0.3) is 0 Å². The van der Waals surface area contributed by atoms with Crippen molar-refractivity contribution in [3.8, 4) is 0 Å². The van der Waals surface area contributed by atoms with Gasteiger partial charge in [-0.1, -0.05) is 0 Å². The number of pyridine rings is 1. The predicted molar refractivity (Wildman–Crippen MR) is 39.4 cm³/mol. The third-order valence-electron chi connectivity index (χ3n) is 0.908. The Hall–Kier alpha value is -1.14. The minimum atomic E-state index is -4.17. The summed E-state index contributed by atoms with van der Waals surface area (Å²) in [6, 6.07) is 3.02. The van der Waals surface area contributed by atoms with Gasteiger partial charge in [0.2, 0.25) is 0 Å². The third-order valence-corrected chi connectivity index (χ3v) is 1.40. The van der Waals surface area contributed by atoms with E-state index in [1.165, 1.54) is 18.5 Å². The van der Waals surface area contributed by atoms with E-state index < -0.39 is 10.3 Å². The molecule has 0 radical (unpaired) electrons. The van der Waals surface area contributed by atoms with Crippen LogP contribution in [-0.4, -0.2) is 18.0 Å². The molecule has 0 fully saturated rings. The number of rotatable bonds is 2. The first-order chi connectivity index (χ1) is 5.08. The van der Waals surface area contributed by atoms with Crippen LogP contribution in [0.3, 0.4) is 0 Å². The van der Waals surface area contributed by atoms with Crippen molar-refractivity contribution in [1.29, 1.82) is 0 Å². The SMILES string of the molecule is O=S(=O)(O)Nc1cccnc1. The molecule has 11 heavy (non-hydrogen) atoms. The van der Waals surface area contributed by atoms with Crippen molar-refractivity contribution in [2.75, 3.05) is 4.72 Å². The van der Waals surface area contributed by atoms with E-state index >= 15 is 0 Å². The number of hydrogen-bond acceptors (Lipinski definition) is 3. The van der Waals surface area contributed by atoms with Crippen molar-refractivity contribution in [3.05, 3.63) is 24.5 Å². The maximum atomic E-state index is 10.2. The lowest BCUT2D eigenvalue weighted by Gasteiger charge is -1.98. The summed E-state index contributed by atoms with van der Waals surface area (Å²) in [5.74, 6) is 0. The Morgan fingerprint density at radius 2 is 2.27 bits per heavy atom. The van der Waals surface area contributed by atoms with Gasteiger partial charge in [-0.3, -0.25) is 14.3 Å². The van der Waals surface area contributed by atoms with E-state index in [1.807, 2.05) is 4.72 Å². The average molecular weight is 174 g/mol. The average Bonchev–Trinajstić information content (AvgIpc) is 1.85. The number of nitrogens with zero attached hydrogens (tertiary/aromatic N) is 1. The Kier molecular flexibility index (Phi) is 2.06. The van der Waals surface area contributed by atoms with Crippen LogP contribution in [0, 0.1) is 0 Å². The van der Waals surface area contributed by atoms with E-state index in [4.69, 9.17) is 4.55 Å². The Morgan fingerprint density at radius 3 is 2.73 bits per heavy atom. The molecular weight excluding hydrogens is 168 g/mol. The van der Waals surface area contributed by atoms with Gasteiger partial charge in [-0.05, 0) is 12.1 Å². The van der Waals surface area contributed by atoms with E-state index in [1.54, 1.807) is 6.07 Å². The molecule has 0 aliphatic heterocycles. The van der Waals surface area contributed by atoms with Crippen molar-refractivity contribution >= 4 is 16.0 Å². The quantitative estimate of drug-likeness (QED) is 0.632. The molecule has 60 valence electrons. The van der Waals surface area contributed by atoms with Crippen molar-refractivity contribution < 1.29 is 13.0 Å². The number of anilines is 1. The summed E-state index contributed by atoms with van der Waals surface area (Å²) in [6.07, 6.45) is 2.78. The Bertz CT molecular complexity index is 321. The highest BCUT2D eigenvalue weighted by Crippen LogP contribution is 2.03. The van der Waals surface area contributed by atoms with Crippen LogP contribution < -0.4 is 4.72 Å². The van der Waals surface area contributed by atoms with Crippen LogP contribution in [0.15, 0.2) is 24.5 Å². The van der Waals surface area contributed by atoms with Gasteiger partial charge in [0.1, 0.15) is 0 Å². The molecule has 0 aliphatic carbocycles. The minimum Gasteiger partial charge on any atom is -0.269 e. The zero-order valence-electron chi connectivity index (χ0n) is 5.43. The van der Waals surface area contributed by atoms with E-state index in [9.17, 15) is 8.42 Å².